The fraction of sp³-hybridized carbons (Fsp3) is 0.700. The molecule has 0 saturated carbocycles. The minimum absolute atomic E-state index is 0.108. The molecule has 8 nitrogen and oxygen atoms in total. The Balaban J connectivity index is 2.50. The summed E-state index contributed by atoms with van der Waals surface area (Å²) < 4.78 is 36.6. The monoisotopic (exact) mass is 312 g/mol. The molecule has 1 unspecified atom stereocenters. The third-order valence-electron chi connectivity index (χ3n) is 2.57. The van der Waals surface area contributed by atoms with Crippen LogP contribution in [0.1, 0.15) is 11.4 Å². The summed E-state index contributed by atoms with van der Waals surface area (Å²) in [5.74, 6) is 0. The number of aryl methyl sites for hydroxylation is 1. The van der Waals surface area contributed by atoms with Crippen LogP contribution in [0, 0.1) is 24.0 Å². The van der Waals surface area contributed by atoms with E-state index in [4.69, 9.17) is 0 Å². The third-order valence-corrected chi connectivity index (χ3v) is 2.57. The average Bonchev–Trinajstić information content (AvgIpc) is 2.58. The Bertz CT molecular complexity index is 503. The SMILES string of the molecule is Cc1nn(CC(O)CNOCC(F)(F)F)c(C)c1[N+](=O)[O-]. The first-order valence-corrected chi connectivity index (χ1v) is 5.89. The van der Waals surface area contributed by atoms with Crippen molar-refractivity contribution in [2.24, 2.45) is 0 Å². The van der Waals surface area contributed by atoms with E-state index < -0.39 is 23.8 Å². The van der Waals surface area contributed by atoms with Crippen molar-refractivity contribution in [3.05, 3.63) is 21.5 Å². The van der Waals surface area contributed by atoms with Crippen LogP contribution in [0.5, 0.6) is 0 Å². The van der Waals surface area contributed by atoms with Gasteiger partial charge in [0.25, 0.3) is 0 Å². The number of aromatic nitrogens is 2. The Kier molecular flexibility index (Phi) is 5.63. The van der Waals surface area contributed by atoms with Crippen LogP contribution in [0.2, 0.25) is 0 Å². The molecule has 0 aliphatic rings. The molecule has 21 heavy (non-hydrogen) atoms. The van der Waals surface area contributed by atoms with Gasteiger partial charge in [0.2, 0.25) is 0 Å². The van der Waals surface area contributed by atoms with Crippen LogP contribution < -0.4 is 5.48 Å². The second kappa shape index (κ2) is 6.83. The maximum absolute atomic E-state index is 11.8. The second-order valence-corrected chi connectivity index (χ2v) is 4.36. The lowest BCUT2D eigenvalue weighted by molar-refractivity contribution is -0.386. The van der Waals surface area contributed by atoms with E-state index in [1.807, 2.05) is 5.48 Å². The number of hydrogen-bond donors (Lipinski definition) is 2. The van der Waals surface area contributed by atoms with Crippen LogP contribution in [0.4, 0.5) is 18.9 Å². The number of hydrogen-bond acceptors (Lipinski definition) is 6. The average molecular weight is 312 g/mol. The van der Waals surface area contributed by atoms with Crippen LogP contribution in [0.15, 0.2) is 0 Å². The minimum Gasteiger partial charge on any atom is -0.390 e. The highest BCUT2D eigenvalue weighted by Crippen LogP contribution is 2.21. The van der Waals surface area contributed by atoms with Crippen LogP contribution in [-0.4, -0.2) is 45.2 Å². The van der Waals surface area contributed by atoms with Crippen LogP contribution >= 0.6 is 0 Å². The highest BCUT2D eigenvalue weighted by molar-refractivity contribution is 5.39. The zero-order valence-electron chi connectivity index (χ0n) is 11.3. The van der Waals surface area contributed by atoms with Gasteiger partial charge in [-0.2, -0.15) is 23.8 Å². The minimum atomic E-state index is -4.46. The van der Waals surface area contributed by atoms with Gasteiger partial charge in [-0.05, 0) is 13.8 Å². The molecule has 0 saturated heterocycles. The lowest BCUT2D eigenvalue weighted by atomic mass is 10.3. The van der Waals surface area contributed by atoms with Crippen LogP contribution in [0.25, 0.3) is 0 Å². The summed E-state index contributed by atoms with van der Waals surface area (Å²) in [4.78, 5) is 14.4. The Morgan fingerprint density at radius 3 is 2.62 bits per heavy atom. The van der Waals surface area contributed by atoms with Gasteiger partial charge in [-0.1, -0.05) is 0 Å². The number of nitrogens with zero attached hydrogens (tertiary/aromatic N) is 3. The Hall–Kier alpha value is -1.72. The number of nitrogens with one attached hydrogen (secondary N) is 1. The van der Waals surface area contributed by atoms with Gasteiger partial charge in [-0.25, -0.2) is 0 Å². The van der Waals surface area contributed by atoms with Crippen molar-refractivity contribution in [1.82, 2.24) is 15.3 Å². The molecule has 1 atom stereocenters. The zero-order chi connectivity index (χ0) is 16.2. The van der Waals surface area contributed by atoms with Gasteiger partial charge in [0.15, 0.2) is 6.61 Å². The molecular weight excluding hydrogens is 297 g/mol. The number of alkyl halides is 3. The largest absolute Gasteiger partial charge is 0.413 e. The first-order valence-electron chi connectivity index (χ1n) is 5.89. The van der Waals surface area contributed by atoms with Crippen molar-refractivity contribution in [2.45, 2.75) is 32.7 Å². The van der Waals surface area contributed by atoms with Crippen LogP contribution in [0.3, 0.4) is 0 Å². The van der Waals surface area contributed by atoms with Crippen molar-refractivity contribution in [1.29, 1.82) is 0 Å². The molecular formula is C10H15F3N4O4. The quantitative estimate of drug-likeness (QED) is 0.440. The number of hydroxylamine groups is 1. The van der Waals surface area contributed by atoms with Gasteiger partial charge in [0, 0.05) is 6.54 Å². The molecule has 1 aromatic heterocycles. The van der Waals surface area contributed by atoms with Gasteiger partial charge < -0.3 is 5.11 Å². The molecule has 0 fully saturated rings. The molecule has 0 amide bonds. The normalized spacial score (nSPS) is 13.4. The summed E-state index contributed by atoms with van der Waals surface area (Å²) in [7, 11) is 0. The van der Waals surface area contributed by atoms with E-state index >= 15 is 0 Å². The van der Waals surface area contributed by atoms with Crippen molar-refractivity contribution in [2.75, 3.05) is 13.2 Å². The first-order chi connectivity index (χ1) is 9.61. The van der Waals surface area contributed by atoms with Crippen molar-refractivity contribution in [3.8, 4) is 0 Å². The summed E-state index contributed by atoms with van der Waals surface area (Å²) in [5, 5.41) is 24.3. The Morgan fingerprint density at radius 1 is 1.52 bits per heavy atom. The molecule has 120 valence electrons. The second-order valence-electron chi connectivity index (χ2n) is 4.36. The van der Waals surface area contributed by atoms with Gasteiger partial charge in [-0.3, -0.25) is 19.6 Å². The summed E-state index contributed by atoms with van der Waals surface area (Å²) in [6.07, 6.45) is -5.58. The topological polar surface area (TPSA) is 102 Å². The summed E-state index contributed by atoms with van der Waals surface area (Å²) in [6, 6.07) is 0. The van der Waals surface area contributed by atoms with E-state index in [-0.39, 0.29) is 30.2 Å². The molecule has 0 aliphatic carbocycles. The molecule has 0 radical (unpaired) electrons. The predicted octanol–water partition coefficient (Wildman–Crippen LogP) is 0.853. The zero-order valence-corrected chi connectivity index (χ0v) is 11.3. The lowest BCUT2D eigenvalue weighted by Gasteiger charge is -2.13. The summed E-state index contributed by atoms with van der Waals surface area (Å²) >= 11 is 0. The van der Waals surface area contributed by atoms with E-state index in [0.717, 1.165) is 0 Å². The highest BCUT2D eigenvalue weighted by Gasteiger charge is 2.28. The predicted molar refractivity (Wildman–Crippen MR) is 64.4 cm³/mol. The third kappa shape index (κ3) is 5.28. The van der Waals surface area contributed by atoms with Gasteiger partial charge in [0.05, 0.1) is 17.6 Å². The lowest BCUT2D eigenvalue weighted by Crippen LogP contribution is -2.33. The van der Waals surface area contributed by atoms with Crippen LogP contribution in [-0.2, 0) is 11.4 Å². The number of nitro groups is 1. The number of aliphatic hydroxyl groups excluding tert-OH is 1. The van der Waals surface area contributed by atoms with E-state index in [9.17, 15) is 28.4 Å². The van der Waals surface area contributed by atoms with E-state index in [1.54, 1.807) is 0 Å². The number of aliphatic hydroxyl groups is 1. The maximum Gasteiger partial charge on any atom is 0.413 e. The molecule has 0 spiro atoms. The molecule has 2 N–H and O–H groups in total. The molecule has 0 aromatic carbocycles. The smallest absolute Gasteiger partial charge is 0.390 e. The van der Waals surface area contributed by atoms with Crippen molar-refractivity contribution in [3.63, 3.8) is 0 Å². The van der Waals surface area contributed by atoms with Crippen molar-refractivity contribution < 1.29 is 28.0 Å². The Morgan fingerprint density at radius 2 is 2.14 bits per heavy atom. The molecule has 11 heteroatoms. The maximum atomic E-state index is 11.8. The molecule has 1 rings (SSSR count). The fourth-order valence-corrected chi connectivity index (χ4v) is 1.68. The number of halogens is 3. The molecule has 1 aromatic rings. The fourth-order valence-electron chi connectivity index (χ4n) is 1.68. The van der Waals surface area contributed by atoms with Gasteiger partial charge in [-0.15, -0.1) is 0 Å². The van der Waals surface area contributed by atoms with Gasteiger partial charge in [0.1, 0.15) is 11.4 Å². The Labute approximate surface area is 117 Å². The molecule has 0 bridgehead atoms. The van der Waals surface area contributed by atoms with E-state index in [1.165, 1.54) is 18.5 Å². The highest BCUT2D eigenvalue weighted by atomic mass is 19.4. The first kappa shape index (κ1) is 17.3. The standard InChI is InChI=1S/C10H15F3N4O4/c1-6-9(17(19)20)7(2)16(15-6)4-8(18)3-14-21-5-10(11,12)13/h8,14,18H,3-5H2,1-2H3. The van der Waals surface area contributed by atoms with E-state index in [0.29, 0.717) is 0 Å². The molecule has 1 heterocycles. The number of rotatable bonds is 7. The summed E-state index contributed by atoms with van der Waals surface area (Å²) in [6.45, 7) is 1.06. The van der Waals surface area contributed by atoms with Gasteiger partial charge >= 0.3 is 11.9 Å². The van der Waals surface area contributed by atoms with Crippen molar-refractivity contribution >= 4 is 5.69 Å². The molecule has 0 aliphatic heterocycles. The van der Waals surface area contributed by atoms with E-state index in [2.05, 4.69) is 9.94 Å². The summed E-state index contributed by atoms with van der Waals surface area (Å²) in [5.41, 5.74) is 2.29.